The molecule has 4 aromatic rings. The maximum atomic E-state index is 13.5. The number of carbonyl (C=O) groups excluding carboxylic acids is 1. The molecule has 0 bridgehead atoms. The van der Waals surface area contributed by atoms with E-state index < -0.39 is 0 Å². The van der Waals surface area contributed by atoms with Crippen LogP contribution in [0.3, 0.4) is 0 Å². The van der Waals surface area contributed by atoms with Crippen LogP contribution in [-0.4, -0.2) is 32.8 Å². The van der Waals surface area contributed by atoms with E-state index in [1.165, 1.54) is 11.3 Å². The van der Waals surface area contributed by atoms with E-state index in [9.17, 15) is 4.79 Å². The Balaban J connectivity index is 1.81. The number of amides is 1. The highest BCUT2D eigenvalue weighted by atomic mass is 32.1. The zero-order chi connectivity index (χ0) is 21.3. The number of pyridine rings is 1. The van der Waals surface area contributed by atoms with Gasteiger partial charge in [-0.25, -0.2) is 4.98 Å². The van der Waals surface area contributed by atoms with E-state index in [0.717, 1.165) is 27.2 Å². The Morgan fingerprint density at radius 1 is 1.23 bits per heavy atom. The van der Waals surface area contributed by atoms with Gasteiger partial charge in [0.25, 0.3) is 5.91 Å². The van der Waals surface area contributed by atoms with Gasteiger partial charge in [0.05, 0.1) is 24.0 Å². The Hall–Kier alpha value is -3.26. The number of methoxy groups -OCH3 is 1. The number of hydrogen-bond acceptors (Lipinski definition) is 6. The number of nitrogens with zero attached hydrogens (tertiary/aromatic N) is 5. The third kappa shape index (κ3) is 3.66. The van der Waals surface area contributed by atoms with Crippen molar-refractivity contribution in [2.45, 2.75) is 33.9 Å². The summed E-state index contributed by atoms with van der Waals surface area (Å²) in [5.74, 6) is 0.487. The number of anilines is 1. The summed E-state index contributed by atoms with van der Waals surface area (Å²) in [4.78, 5) is 24.3. The number of rotatable bonds is 6. The van der Waals surface area contributed by atoms with Gasteiger partial charge >= 0.3 is 0 Å². The Morgan fingerprint density at radius 2 is 2.07 bits per heavy atom. The predicted molar refractivity (Wildman–Crippen MR) is 118 cm³/mol. The minimum atomic E-state index is -0.202. The van der Waals surface area contributed by atoms with E-state index in [2.05, 4.69) is 10.1 Å². The van der Waals surface area contributed by atoms with Gasteiger partial charge < -0.3 is 4.74 Å². The van der Waals surface area contributed by atoms with Crippen molar-refractivity contribution in [3.05, 3.63) is 65.2 Å². The van der Waals surface area contributed by atoms with E-state index >= 15 is 0 Å². The molecule has 0 atom stereocenters. The molecule has 8 heteroatoms. The minimum Gasteiger partial charge on any atom is -0.494 e. The lowest BCUT2D eigenvalue weighted by atomic mass is 10.2. The summed E-state index contributed by atoms with van der Waals surface area (Å²) in [5, 5.41) is 5.07. The summed E-state index contributed by atoms with van der Waals surface area (Å²) in [6.07, 6.45) is 1.72. The SMILES string of the molecule is CCn1nc(C(=O)N(Cc2ccccn2)c2nc3c(OC)ccc(C)c3s2)cc1C. The molecule has 4 rings (SSSR count). The third-order valence-electron chi connectivity index (χ3n) is 4.93. The van der Waals surface area contributed by atoms with Crippen molar-refractivity contribution in [2.75, 3.05) is 12.0 Å². The Morgan fingerprint density at radius 3 is 2.73 bits per heavy atom. The van der Waals surface area contributed by atoms with Crippen LogP contribution in [0.2, 0.25) is 0 Å². The minimum absolute atomic E-state index is 0.202. The first-order valence-corrected chi connectivity index (χ1v) is 10.5. The van der Waals surface area contributed by atoms with Gasteiger partial charge in [-0.2, -0.15) is 5.10 Å². The van der Waals surface area contributed by atoms with Crippen molar-refractivity contribution in [3.8, 4) is 5.75 Å². The van der Waals surface area contributed by atoms with Crippen LogP contribution in [0, 0.1) is 13.8 Å². The highest BCUT2D eigenvalue weighted by Gasteiger charge is 2.25. The second-order valence-corrected chi connectivity index (χ2v) is 7.94. The number of ether oxygens (including phenoxy) is 1. The van der Waals surface area contributed by atoms with Gasteiger partial charge in [0.1, 0.15) is 11.3 Å². The fraction of sp³-hybridized carbons (Fsp3) is 0.273. The third-order valence-corrected chi connectivity index (χ3v) is 6.15. The lowest BCUT2D eigenvalue weighted by molar-refractivity contribution is 0.0979. The maximum Gasteiger partial charge on any atom is 0.280 e. The van der Waals surface area contributed by atoms with Crippen LogP contribution in [0.15, 0.2) is 42.6 Å². The number of thiazole rings is 1. The molecule has 0 radical (unpaired) electrons. The molecule has 3 aromatic heterocycles. The van der Waals surface area contributed by atoms with Gasteiger partial charge in [0.15, 0.2) is 10.8 Å². The molecule has 0 saturated carbocycles. The molecule has 7 nitrogen and oxygen atoms in total. The van der Waals surface area contributed by atoms with Crippen molar-refractivity contribution in [1.29, 1.82) is 0 Å². The number of aromatic nitrogens is 4. The lowest BCUT2D eigenvalue weighted by Crippen LogP contribution is -2.31. The summed E-state index contributed by atoms with van der Waals surface area (Å²) in [6, 6.07) is 11.4. The first-order chi connectivity index (χ1) is 14.5. The van der Waals surface area contributed by atoms with Crippen molar-refractivity contribution in [3.63, 3.8) is 0 Å². The summed E-state index contributed by atoms with van der Waals surface area (Å²) in [7, 11) is 1.63. The number of fused-ring (bicyclic) bond motifs is 1. The summed E-state index contributed by atoms with van der Waals surface area (Å²) < 4.78 is 8.30. The van der Waals surface area contributed by atoms with Crippen molar-refractivity contribution in [2.24, 2.45) is 0 Å². The summed E-state index contributed by atoms with van der Waals surface area (Å²) in [6.45, 7) is 6.99. The fourth-order valence-corrected chi connectivity index (χ4v) is 4.38. The zero-order valence-electron chi connectivity index (χ0n) is 17.4. The fourth-order valence-electron chi connectivity index (χ4n) is 3.33. The predicted octanol–water partition coefficient (Wildman–Crippen LogP) is 4.38. The Bertz CT molecular complexity index is 1200. The molecule has 0 fully saturated rings. The summed E-state index contributed by atoms with van der Waals surface area (Å²) in [5.41, 5.74) is 3.96. The molecule has 0 aliphatic rings. The van der Waals surface area contributed by atoms with E-state index in [0.29, 0.717) is 29.7 Å². The molecule has 1 aromatic carbocycles. The molecule has 154 valence electrons. The quantitative estimate of drug-likeness (QED) is 0.462. The number of aryl methyl sites for hydroxylation is 3. The average Bonchev–Trinajstić information content (AvgIpc) is 3.37. The van der Waals surface area contributed by atoms with Crippen LogP contribution in [0.5, 0.6) is 5.75 Å². The van der Waals surface area contributed by atoms with Crippen LogP contribution in [-0.2, 0) is 13.1 Å². The smallest absolute Gasteiger partial charge is 0.280 e. The Labute approximate surface area is 179 Å². The number of benzene rings is 1. The highest BCUT2D eigenvalue weighted by molar-refractivity contribution is 7.22. The van der Waals surface area contributed by atoms with E-state index in [1.807, 2.05) is 61.9 Å². The monoisotopic (exact) mass is 421 g/mol. The number of hydrogen-bond donors (Lipinski definition) is 0. The van der Waals surface area contributed by atoms with Gasteiger partial charge in [-0.3, -0.25) is 19.4 Å². The topological polar surface area (TPSA) is 73.1 Å². The average molecular weight is 422 g/mol. The van der Waals surface area contributed by atoms with Crippen LogP contribution in [0.25, 0.3) is 10.2 Å². The highest BCUT2D eigenvalue weighted by Crippen LogP contribution is 2.37. The standard InChI is InChI=1S/C22H23N5O2S/c1-5-27-15(3)12-17(25-27)21(28)26(13-16-8-6-7-11-23-16)22-24-19-18(29-4)10-9-14(2)20(19)30-22/h6-12H,5,13H2,1-4H3. The molecular formula is C22H23N5O2S. The van der Waals surface area contributed by atoms with Crippen molar-refractivity contribution in [1.82, 2.24) is 19.7 Å². The molecule has 30 heavy (non-hydrogen) atoms. The molecule has 0 N–H and O–H groups in total. The lowest BCUT2D eigenvalue weighted by Gasteiger charge is -2.18. The molecule has 0 spiro atoms. The number of carbonyl (C=O) groups is 1. The molecule has 1 amide bonds. The molecule has 0 aliphatic heterocycles. The molecule has 0 saturated heterocycles. The summed E-state index contributed by atoms with van der Waals surface area (Å²) >= 11 is 1.47. The second kappa shape index (κ2) is 8.23. The molecule has 3 heterocycles. The van der Waals surface area contributed by atoms with Gasteiger partial charge in [-0.15, -0.1) is 0 Å². The van der Waals surface area contributed by atoms with Gasteiger partial charge in [0, 0.05) is 18.4 Å². The second-order valence-electron chi connectivity index (χ2n) is 6.96. The molecule has 0 unspecified atom stereocenters. The van der Waals surface area contributed by atoms with Crippen LogP contribution < -0.4 is 9.64 Å². The van der Waals surface area contributed by atoms with Crippen molar-refractivity contribution < 1.29 is 9.53 Å². The van der Waals surface area contributed by atoms with Crippen molar-refractivity contribution >= 4 is 32.6 Å². The molecule has 0 aliphatic carbocycles. The Kier molecular flexibility index (Phi) is 5.50. The molecular weight excluding hydrogens is 398 g/mol. The zero-order valence-corrected chi connectivity index (χ0v) is 18.2. The first-order valence-electron chi connectivity index (χ1n) is 9.72. The van der Waals surface area contributed by atoms with Crippen LogP contribution in [0.1, 0.15) is 34.4 Å². The van der Waals surface area contributed by atoms with Crippen LogP contribution >= 0.6 is 11.3 Å². The normalized spacial score (nSPS) is 11.1. The first kappa shape index (κ1) is 20.0. The van der Waals surface area contributed by atoms with E-state index in [-0.39, 0.29) is 5.91 Å². The van der Waals surface area contributed by atoms with E-state index in [1.54, 1.807) is 18.2 Å². The van der Waals surface area contributed by atoms with Gasteiger partial charge in [0.2, 0.25) is 0 Å². The largest absolute Gasteiger partial charge is 0.494 e. The van der Waals surface area contributed by atoms with E-state index in [4.69, 9.17) is 9.72 Å². The van der Waals surface area contributed by atoms with Crippen LogP contribution in [0.4, 0.5) is 5.13 Å². The maximum absolute atomic E-state index is 13.5. The van der Waals surface area contributed by atoms with Gasteiger partial charge in [-0.05, 0) is 50.6 Å². The van der Waals surface area contributed by atoms with Gasteiger partial charge in [-0.1, -0.05) is 23.5 Å².